The van der Waals surface area contributed by atoms with Gasteiger partial charge in [-0.3, -0.25) is 9.36 Å². The van der Waals surface area contributed by atoms with Crippen LogP contribution in [0.4, 0.5) is 0 Å². The monoisotopic (exact) mass is 434 g/mol. The second kappa shape index (κ2) is 7.32. The fraction of sp³-hybridized carbons (Fsp3) is 0.316. The van der Waals surface area contributed by atoms with Crippen LogP contribution in [0.2, 0.25) is 0 Å². The quantitative estimate of drug-likeness (QED) is 0.557. The molecule has 2 heterocycles. The average molecular weight is 435 g/mol. The van der Waals surface area contributed by atoms with Gasteiger partial charge >= 0.3 is 5.97 Å². The van der Waals surface area contributed by atoms with E-state index in [0.717, 1.165) is 20.5 Å². The first kappa shape index (κ1) is 18.8. The van der Waals surface area contributed by atoms with Gasteiger partial charge in [0.2, 0.25) is 0 Å². The summed E-state index contributed by atoms with van der Waals surface area (Å²) < 4.78 is 7.56. The molecule has 136 valence electrons. The number of carbonyl (C=O) groups is 1. The van der Waals surface area contributed by atoms with Gasteiger partial charge in [-0.15, -0.1) is 11.3 Å². The molecule has 2 aromatic heterocycles. The zero-order valence-electron chi connectivity index (χ0n) is 14.9. The smallest absolute Gasteiger partial charge is 0.329 e. The molecule has 3 aromatic rings. The van der Waals surface area contributed by atoms with Gasteiger partial charge in [0.05, 0.1) is 17.8 Å². The van der Waals surface area contributed by atoms with E-state index >= 15 is 0 Å². The number of esters is 1. The van der Waals surface area contributed by atoms with Crippen molar-refractivity contribution in [2.45, 2.75) is 39.8 Å². The highest BCUT2D eigenvalue weighted by Gasteiger charge is 2.23. The van der Waals surface area contributed by atoms with E-state index in [1.807, 2.05) is 31.2 Å². The van der Waals surface area contributed by atoms with Crippen molar-refractivity contribution in [1.82, 2.24) is 9.55 Å². The molecule has 1 atom stereocenters. The molecule has 26 heavy (non-hydrogen) atoms. The Balaban J connectivity index is 2.17. The molecule has 0 bridgehead atoms. The lowest BCUT2D eigenvalue weighted by Crippen LogP contribution is -2.30. The predicted molar refractivity (Wildman–Crippen MR) is 108 cm³/mol. The van der Waals surface area contributed by atoms with E-state index in [1.165, 1.54) is 22.2 Å². The molecular weight excluding hydrogens is 416 g/mol. The van der Waals surface area contributed by atoms with E-state index in [1.54, 1.807) is 20.8 Å². The topological polar surface area (TPSA) is 61.2 Å². The Bertz CT molecular complexity index is 1020. The zero-order chi connectivity index (χ0) is 19.0. The Labute approximate surface area is 163 Å². The molecule has 0 spiro atoms. The van der Waals surface area contributed by atoms with Gasteiger partial charge in [-0.1, -0.05) is 28.1 Å². The van der Waals surface area contributed by atoms with Gasteiger partial charge in [0.15, 0.2) is 0 Å². The van der Waals surface area contributed by atoms with Crippen LogP contribution in [-0.2, 0) is 9.53 Å². The number of hydrogen-bond acceptors (Lipinski definition) is 5. The van der Waals surface area contributed by atoms with Crippen LogP contribution in [0.15, 0.2) is 39.9 Å². The Morgan fingerprint density at radius 3 is 2.50 bits per heavy atom. The second-order valence-electron chi connectivity index (χ2n) is 6.34. The number of nitrogens with zero attached hydrogens (tertiary/aromatic N) is 2. The third kappa shape index (κ3) is 3.46. The third-order valence-corrected chi connectivity index (χ3v) is 5.60. The van der Waals surface area contributed by atoms with Crippen LogP contribution < -0.4 is 5.56 Å². The Hall–Kier alpha value is -1.99. The second-order valence-corrected chi connectivity index (χ2v) is 8.46. The third-order valence-electron chi connectivity index (χ3n) is 4.06. The van der Waals surface area contributed by atoms with Crippen LogP contribution in [0.5, 0.6) is 0 Å². The zero-order valence-corrected chi connectivity index (χ0v) is 17.3. The highest BCUT2D eigenvalue weighted by Crippen LogP contribution is 2.36. The van der Waals surface area contributed by atoms with Crippen molar-refractivity contribution < 1.29 is 9.53 Å². The number of carbonyl (C=O) groups excluding carboxylic acids is 1. The number of hydrogen-bond donors (Lipinski definition) is 0. The summed E-state index contributed by atoms with van der Waals surface area (Å²) in [5.74, 6) is -0.444. The van der Waals surface area contributed by atoms with Crippen LogP contribution in [0.1, 0.15) is 31.7 Å². The summed E-state index contributed by atoms with van der Waals surface area (Å²) in [6, 6.07) is 7.07. The highest BCUT2D eigenvalue weighted by molar-refractivity contribution is 9.10. The number of fused-ring (bicyclic) bond motifs is 1. The minimum absolute atomic E-state index is 0.231. The Morgan fingerprint density at radius 1 is 1.23 bits per heavy atom. The van der Waals surface area contributed by atoms with E-state index < -0.39 is 12.0 Å². The minimum atomic E-state index is -0.736. The molecule has 0 N–H and O–H groups in total. The number of benzene rings is 1. The van der Waals surface area contributed by atoms with Crippen molar-refractivity contribution in [3.8, 4) is 11.1 Å². The summed E-state index contributed by atoms with van der Waals surface area (Å²) in [5.41, 5.74) is 1.59. The van der Waals surface area contributed by atoms with E-state index in [-0.39, 0.29) is 11.7 Å². The normalized spacial score (nSPS) is 12.5. The maximum absolute atomic E-state index is 13.1. The van der Waals surface area contributed by atoms with Crippen molar-refractivity contribution in [3.05, 3.63) is 50.3 Å². The molecule has 7 heteroatoms. The molecular formula is C19H19BrN2O3S. The molecule has 1 unspecified atom stereocenters. The van der Waals surface area contributed by atoms with Gasteiger partial charge in [-0.25, -0.2) is 9.78 Å². The first-order chi connectivity index (χ1) is 12.3. The van der Waals surface area contributed by atoms with Crippen LogP contribution in [-0.4, -0.2) is 21.6 Å². The molecule has 3 rings (SSSR count). The maximum Gasteiger partial charge on any atom is 0.329 e. The summed E-state index contributed by atoms with van der Waals surface area (Å²) in [6.07, 6.45) is 1.19. The van der Waals surface area contributed by atoms with Crippen LogP contribution >= 0.6 is 27.3 Å². The number of rotatable bonds is 4. The molecule has 5 nitrogen and oxygen atoms in total. The van der Waals surface area contributed by atoms with Crippen molar-refractivity contribution in [3.63, 3.8) is 0 Å². The SMILES string of the molecule is Cc1sc2ncn(C(C)C(=O)OC(C)C)c(=O)c2c1-c1ccc(Br)cc1. The highest BCUT2D eigenvalue weighted by atomic mass is 79.9. The number of halogens is 1. The van der Waals surface area contributed by atoms with Crippen LogP contribution in [0, 0.1) is 6.92 Å². The Kier molecular flexibility index (Phi) is 5.29. The van der Waals surface area contributed by atoms with E-state index in [9.17, 15) is 9.59 Å². The summed E-state index contributed by atoms with van der Waals surface area (Å²) in [4.78, 5) is 31.5. The lowest BCUT2D eigenvalue weighted by atomic mass is 10.0. The molecule has 0 radical (unpaired) electrons. The molecule has 0 saturated heterocycles. The van der Waals surface area contributed by atoms with Gasteiger partial charge in [0.1, 0.15) is 10.9 Å². The fourth-order valence-corrected chi connectivity index (χ4v) is 4.07. The van der Waals surface area contributed by atoms with Gasteiger partial charge in [-0.05, 0) is 45.4 Å². The lowest BCUT2D eigenvalue weighted by molar-refractivity contribution is -0.151. The largest absolute Gasteiger partial charge is 0.461 e. The first-order valence-electron chi connectivity index (χ1n) is 8.26. The lowest BCUT2D eigenvalue weighted by Gasteiger charge is -2.16. The first-order valence-corrected chi connectivity index (χ1v) is 9.87. The summed E-state index contributed by atoms with van der Waals surface area (Å²) in [7, 11) is 0. The van der Waals surface area contributed by atoms with Gasteiger partial charge < -0.3 is 4.74 Å². The molecule has 0 aliphatic carbocycles. The van der Waals surface area contributed by atoms with Gasteiger partial charge in [0.25, 0.3) is 5.56 Å². The molecule has 1 aromatic carbocycles. The van der Waals surface area contributed by atoms with Gasteiger partial charge in [0, 0.05) is 14.9 Å². The van der Waals surface area contributed by atoms with Crippen molar-refractivity contribution in [2.24, 2.45) is 0 Å². The van der Waals surface area contributed by atoms with Gasteiger partial charge in [-0.2, -0.15) is 0 Å². The fourth-order valence-electron chi connectivity index (χ4n) is 2.80. The summed E-state index contributed by atoms with van der Waals surface area (Å²) >= 11 is 4.91. The molecule has 0 saturated carbocycles. The maximum atomic E-state index is 13.1. The van der Waals surface area contributed by atoms with Crippen LogP contribution in [0.3, 0.4) is 0 Å². The summed E-state index contributed by atoms with van der Waals surface area (Å²) in [5, 5.41) is 0.543. The number of thiophene rings is 1. The number of ether oxygens (including phenoxy) is 1. The van der Waals surface area contributed by atoms with Crippen molar-refractivity contribution >= 4 is 43.5 Å². The predicted octanol–water partition coefficient (Wildman–Crippen LogP) is 4.71. The Morgan fingerprint density at radius 2 is 1.88 bits per heavy atom. The van der Waals surface area contributed by atoms with E-state index in [2.05, 4.69) is 20.9 Å². The minimum Gasteiger partial charge on any atom is -0.461 e. The molecule has 0 amide bonds. The van der Waals surface area contributed by atoms with Crippen LogP contribution in [0.25, 0.3) is 21.3 Å². The number of aryl methyl sites for hydroxylation is 1. The standard InChI is InChI=1S/C19H19BrN2O3S/c1-10(2)25-19(24)11(3)22-9-21-17-16(18(22)23)15(12(4)26-17)13-5-7-14(20)8-6-13/h5-11H,1-4H3. The number of aromatic nitrogens is 2. The van der Waals surface area contributed by atoms with Crippen molar-refractivity contribution in [2.75, 3.05) is 0 Å². The molecule has 0 fully saturated rings. The average Bonchev–Trinajstić information content (AvgIpc) is 2.92. The molecule has 0 aliphatic rings. The van der Waals surface area contributed by atoms with Crippen molar-refractivity contribution in [1.29, 1.82) is 0 Å². The molecule has 0 aliphatic heterocycles. The van der Waals surface area contributed by atoms with E-state index in [0.29, 0.717) is 10.2 Å². The van der Waals surface area contributed by atoms with E-state index in [4.69, 9.17) is 4.74 Å². The summed E-state index contributed by atoms with van der Waals surface area (Å²) in [6.45, 7) is 7.19.